The molecular formula is C19H20N4O3. The Balaban J connectivity index is 1.80. The number of amides is 1. The van der Waals surface area contributed by atoms with E-state index in [-0.39, 0.29) is 39.8 Å². The quantitative estimate of drug-likeness (QED) is 0.731. The predicted octanol–water partition coefficient (Wildman–Crippen LogP) is 3.57. The second-order valence-electron chi connectivity index (χ2n) is 7.01. The summed E-state index contributed by atoms with van der Waals surface area (Å²) in [6.07, 6.45) is 3.40. The van der Waals surface area contributed by atoms with Crippen LogP contribution >= 0.6 is 0 Å². The summed E-state index contributed by atoms with van der Waals surface area (Å²) in [5.41, 5.74) is 0.800. The van der Waals surface area contributed by atoms with E-state index in [1.54, 1.807) is 12.1 Å². The maximum atomic E-state index is 12.4. The first kappa shape index (κ1) is 17.6. The van der Waals surface area contributed by atoms with Crippen molar-refractivity contribution in [2.75, 3.05) is 5.32 Å². The number of H-pyrrole nitrogens is 1. The van der Waals surface area contributed by atoms with Crippen LogP contribution in [0.1, 0.15) is 37.0 Å². The molecule has 0 radical (unpaired) electrons. The van der Waals surface area contributed by atoms with Gasteiger partial charge in [0.05, 0.1) is 11.8 Å². The topological polar surface area (TPSA) is 107 Å². The number of anilines is 1. The first-order chi connectivity index (χ1) is 12.4. The van der Waals surface area contributed by atoms with Gasteiger partial charge in [0.25, 0.3) is 5.91 Å². The SMILES string of the molecule is CC1(C)CC(=O)C(/C=N/c2[nH]ncc2C(=O)Nc2ccccc2)=C(O)C1. The standard InChI is InChI=1S/C19H20N4O3/c1-19(2)8-15(24)13(16(25)9-19)10-20-17-14(11-21-23-17)18(26)22-12-6-4-3-5-7-12/h3-7,10-11,24H,8-9H2,1-2H3,(H,21,23)(H,22,26)/b20-10+. The van der Waals surface area contributed by atoms with Gasteiger partial charge in [0.2, 0.25) is 0 Å². The van der Waals surface area contributed by atoms with E-state index in [1.807, 2.05) is 32.0 Å². The van der Waals surface area contributed by atoms with Gasteiger partial charge in [-0.05, 0) is 17.5 Å². The number of aliphatic hydroxyl groups excluding tert-OH is 1. The number of hydrogen-bond acceptors (Lipinski definition) is 5. The zero-order chi connectivity index (χ0) is 18.7. The Morgan fingerprint density at radius 3 is 2.73 bits per heavy atom. The highest BCUT2D eigenvalue weighted by atomic mass is 16.3. The maximum absolute atomic E-state index is 12.4. The van der Waals surface area contributed by atoms with Crippen molar-refractivity contribution in [3.05, 3.63) is 53.4 Å². The molecule has 0 unspecified atom stereocenters. The minimum absolute atomic E-state index is 0.0183. The first-order valence-electron chi connectivity index (χ1n) is 8.25. The number of para-hydroxylation sites is 1. The summed E-state index contributed by atoms with van der Waals surface area (Å²) in [6.45, 7) is 3.85. The number of aromatic nitrogens is 2. The molecule has 3 rings (SSSR count). The fourth-order valence-corrected chi connectivity index (χ4v) is 2.84. The predicted molar refractivity (Wildman–Crippen MR) is 98.8 cm³/mol. The summed E-state index contributed by atoms with van der Waals surface area (Å²) >= 11 is 0. The van der Waals surface area contributed by atoms with Gasteiger partial charge in [-0.1, -0.05) is 32.0 Å². The second kappa shape index (κ2) is 6.95. The molecule has 26 heavy (non-hydrogen) atoms. The number of hydrogen-bond donors (Lipinski definition) is 3. The van der Waals surface area contributed by atoms with Gasteiger partial charge in [-0.25, -0.2) is 4.99 Å². The van der Waals surface area contributed by atoms with Crippen LogP contribution < -0.4 is 5.32 Å². The molecule has 7 nitrogen and oxygen atoms in total. The van der Waals surface area contributed by atoms with Crippen molar-refractivity contribution < 1.29 is 14.7 Å². The van der Waals surface area contributed by atoms with Crippen LogP contribution in [0, 0.1) is 5.41 Å². The molecule has 3 N–H and O–H groups in total. The molecule has 0 bridgehead atoms. The normalized spacial score (nSPS) is 16.9. The average molecular weight is 352 g/mol. The van der Waals surface area contributed by atoms with Crippen LogP contribution in [-0.4, -0.2) is 33.2 Å². The van der Waals surface area contributed by atoms with Gasteiger partial charge >= 0.3 is 0 Å². The van der Waals surface area contributed by atoms with Crippen LogP contribution in [0.25, 0.3) is 0 Å². The van der Waals surface area contributed by atoms with E-state index in [0.717, 1.165) is 0 Å². The number of aliphatic imine (C=N–C) groups is 1. The lowest BCUT2D eigenvalue weighted by molar-refractivity contribution is -0.117. The van der Waals surface area contributed by atoms with Crippen molar-refractivity contribution in [1.29, 1.82) is 0 Å². The fourth-order valence-electron chi connectivity index (χ4n) is 2.84. The van der Waals surface area contributed by atoms with Crippen molar-refractivity contribution >= 4 is 29.4 Å². The Morgan fingerprint density at radius 1 is 1.31 bits per heavy atom. The second-order valence-corrected chi connectivity index (χ2v) is 7.01. The number of carbonyl (C=O) groups excluding carboxylic acids is 2. The molecule has 0 aliphatic heterocycles. The summed E-state index contributed by atoms with van der Waals surface area (Å²) in [5, 5.41) is 19.4. The van der Waals surface area contributed by atoms with Gasteiger partial charge in [-0.3, -0.25) is 14.7 Å². The number of nitrogens with zero attached hydrogens (tertiary/aromatic N) is 2. The van der Waals surface area contributed by atoms with Gasteiger partial charge in [0.15, 0.2) is 11.6 Å². The number of allylic oxidation sites excluding steroid dienone is 2. The smallest absolute Gasteiger partial charge is 0.261 e. The Morgan fingerprint density at radius 2 is 2.04 bits per heavy atom. The third kappa shape index (κ3) is 3.88. The number of rotatable bonds is 4. The Bertz CT molecular complexity index is 895. The van der Waals surface area contributed by atoms with Gasteiger partial charge in [-0.2, -0.15) is 5.10 Å². The zero-order valence-corrected chi connectivity index (χ0v) is 14.6. The molecule has 1 aromatic carbocycles. The molecule has 0 saturated carbocycles. The average Bonchev–Trinajstić information content (AvgIpc) is 3.02. The van der Waals surface area contributed by atoms with Crippen LogP contribution in [0.2, 0.25) is 0 Å². The van der Waals surface area contributed by atoms with E-state index in [4.69, 9.17) is 0 Å². The number of carbonyl (C=O) groups is 2. The Kier molecular flexibility index (Phi) is 4.71. The van der Waals surface area contributed by atoms with Crippen LogP contribution in [0.15, 0.2) is 52.9 Å². The zero-order valence-electron chi connectivity index (χ0n) is 14.6. The number of ketones is 1. The molecule has 0 fully saturated rings. The number of nitrogens with one attached hydrogen (secondary N) is 2. The van der Waals surface area contributed by atoms with Gasteiger partial charge < -0.3 is 10.4 Å². The highest BCUT2D eigenvalue weighted by molar-refractivity contribution is 6.15. The number of benzene rings is 1. The monoisotopic (exact) mass is 352 g/mol. The minimum Gasteiger partial charge on any atom is -0.511 e. The largest absolute Gasteiger partial charge is 0.511 e. The van der Waals surface area contributed by atoms with Gasteiger partial charge in [0, 0.05) is 24.7 Å². The van der Waals surface area contributed by atoms with Crippen molar-refractivity contribution in [3.8, 4) is 0 Å². The first-order valence-corrected chi connectivity index (χ1v) is 8.25. The summed E-state index contributed by atoms with van der Waals surface area (Å²) in [4.78, 5) is 28.8. The van der Waals surface area contributed by atoms with E-state index in [9.17, 15) is 14.7 Å². The summed E-state index contributed by atoms with van der Waals surface area (Å²) in [5.74, 6) is -0.301. The number of aromatic amines is 1. The highest BCUT2D eigenvalue weighted by Crippen LogP contribution is 2.35. The lowest BCUT2D eigenvalue weighted by atomic mass is 9.77. The van der Waals surface area contributed by atoms with E-state index in [0.29, 0.717) is 18.5 Å². The molecule has 1 aromatic heterocycles. The molecule has 134 valence electrons. The molecule has 7 heteroatoms. The third-order valence-electron chi connectivity index (χ3n) is 4.11. The van der Waals surface area contributed by atoms with Crippen molar-refractivity contribution in [3.63, 3.8) is 0 Å². The molecule has 1 aliphatic rings. The Labute approximate surface area is 150 Å². The molecule has 2 aromatic rings. The lowest BCUT2D eigenvalue weighted by Gasteiger charge is -2.28. The highest BCUT2D eigenvalue weighted by Gasteiger charge is 2.32. The van der Waals surface area contributed by atoms with Crippen molar-refractivity contribution in [2.45, 2.75) is 26.7 Å². The van der Waals surface area contributed by atoms with Crippen LogP contribution in [0.4, 0.5) is 11.5 Å². The van der Waals surface area contributed by atoms with Gasteiger partial charge in [0.1, 0.15) is 11.3 Å². The van der Waals surface area contributed by atoms with Crippen LogP contribution in [-0.2, 0) is 4.79 Å². The van der Waals surface area contributed by atoms with E-state index in [1.165, 1.54) is 12.4 Å². The summed E-state index contributed by atoms with van der Waals surface area (Å²) in [7, 11) is 0. The molecule has 1 heterocycles. The number of Topliss-reactive ketones (excluding diaryl/α,β-unsaturated/α-hetero) is 1. The van der Waals surface area contributed by atoms with Crippen LogP contribution in [0.3, 0.4) is 0 Å². The molecule has 0 atom stereocenters. The molecule has 1 aliphatic carbocycles. The van der Waals surface area contributed by atoms with Crippen LogP contribution in [0.5, 0.6) is 0 Å². The number of aliphatic hydroxyl groups is 1. The fraction of sp³-hybridized carbons (Fsp3) is 0.263. The molecule has 1 amide bonds. The lowest BCUT2D eigenvalue weighted by Crippen LogP contribution is -2.26. The third-order valence-corrected chi connectivity index (χ3v) is 4.11. The molecule has 0 saturated heterocycles. The van der Waals surface area contributed by atoms with E-state index >= 15 is 0 Å². The van der Waals surface area contributed by atoms with E-state index in [2.05, 4.69) is 20.5 Å². The molecular weight excluding hydrogens is 332 g/mol. The van der Waals surface area contributed by atoms with Crippen molar-refractivity contribution in [2.24, 2.45) is 10.4 Å². The minimum atomic E-state index is -0.369. The van der Waals surface area contributed by atoms with Gasteiger partial charge in [-0.15, -0.1) is 0 Å². The molecule has 0 spiro atoms. The van der Waals surface area contributed by atoms with Crippen molar-refractivity contribution in [1.82, 2.24) is 10.2 Å². The summed E-state index contributed by atoms with van der Waals surface area (Å²) < 4.78 is 0. The Hall–Kier alpha value is -3.22. The maximum Gasteiger partial charge on any atom is 0.261 e. The summed E-state index contributed by atoms with van der Waals surface area (Å²) in [6, 6.07) is 9.02. The van der Waals surface area contributed by atoms with E-state index < -0.39 is 0 Å².